The predicted octanol–water partition coefficient (Wildman–Crippen LogP) is 1.68. The highest BCUT2D eigenvalue weighted by molar-refractivity contribution is 5.78. The Morgan fingerprint density at radius 2 is 2.00 bits per heavy atom. The number of piperidine rings is 2. The van der Waals surface area contributed by atoms with E-state index < -0.39 is 0 Å². The smallest absolute Gasteiger partial charge is 0.226 e. The van der Waals surface area contributed by atoms with Crippen LogP contribution in [-0.4, -0.2) is 66.1 Å². The fraction of sp³-hybridized carbons (Fsp3) is 0.600. The van der Waals surface area contributed by atoms with Crippen LogP contribution in [0.15, 0.2) is 30.3 Å². The zero-order chi connectivity index (χ0) is 18.4. The van der Waals surface area contributed by atoms with E-state index in [9.17, 15) is 14.7 Å². The van der Waals surface area contributed by atoms with Gasteiger partial charge in [0.1, 0.15) is 5.75 Å². The molecule has 0 aliphatic carbocycles. The van der Waals surface area contributed by atoms with Gasteiger partial charge in [-0.1, -0.05) is 18.2 Å². The summed E-state index contributed by atoms with van der Waals surface area (Å²) in [6, 6.07) is 9.52. The quantitative estimate of drug-likeness (QED) is 0.838. The average molecular weight is 360 g/mol. The van der Waals surface area contributed by atoms with Crippen molar-refractivity contribution in [1.29, 1.82) is 0 Å². The molecular weight excluding hydrogens is 332 g/mol. The molecule has 2 saturated heterocycles. The molecule has 1 aromatic rings. The van der Waals surface area contributed by atoms with Crippen LogP contribution in [0.2, 0.25) is 0 Å². The van der Waals surface area contributed by atoms with Gasteiger partial charge >= 0.3 is 0 Å². The maximum Gasteiger partial charge on any atom is 0.226 e. The van der Waals surface area contributed by atoms with Gasteiger partial charge in [0, 0.05) is 38.0 Å². The van der Waals surface area contributed by atoms with Crippen molar-refractivity contribution in [2.24, 2.45) is 5.41 Å². The van der Waals surface area contributed by atoms with Crippen LogP contribution >= 0.6 is 0 Å². The van der Waals surface area contributed by atoms with Crippen LogP contribution in [0.5, 0.6) is 5.75 Å². The number of β-amino-alcohol motifs (C(OH)–C–C–N with tert-alkyl or cyclic N) is 1. The van der Waals surface area contributed by atoms with Crippen molar-refractivity contribution < 1.29 is 19.4 Å². The summed E-state index contributed by atoms with van der Waals surface area (Å²) >= 11 is 0. The first-order valence-electron chi connectivity index (χ1n) is 9.46. The van der Waals surface area contributed by atoms with Gasteiger partial charge < -0.3 is 19.6 Å². The van der Waals surface area contributed by atoms with E-state index in [2.05, 4.69) is 0 Å². The third kappa shape index (κ3) is 4.55. The van der Waals surface area contributed by atoms with E-state index in [1.165, 1.54) is 0 Å². The minimum Gasteiger partial charge on any atom is -0.493 e. The summed E-state index contributed by atoms with van der Waals surface area (Å²) in [6.07, 6.45) is 3.71. The lowest BCUT2D eigenvalue weighted by Gasteiger charge is -2.48. The van der Waals surface area contributed by atoms with Crippen molar-refractivity contribution in [3.8, 4) is 5.75 Å². The van der Waals surface area contributed by atoms with Gasteiger partial charge in [-0.3, -0.25) is 9.59 Å². The minimum atomic E-state index is -0.0166. The first-order valence-corrected chi connectivity index (χ1v) is 9.46. The zero-order valence-corrected chi connectivity index (χ0v) is 15.2. The molecule has 0 unspecified atom stereocenters. The summed E-state index contributed by atoms with van der Waals surface area (Å²) in [4.78, 5) is 28.3. The molecule has 2 fully saturated rings. The highest BCUT2D eigenvalue weighted by Crippen LogP contribution is 2.38. The standard InChI is InChI=1S/C20H28N2O4/c23-13-12-22-16-20(10-7-18(22)24)9-4-11-21(15-20)19(25)8-14-26-17-5-2-1-3-6-17/h1-3,5-6,23H,4,7-16H2/t20-/m1/s1. The first kappa shape index (κ1) is 18.7. The molecule has 26 heavy (non-hydrogen) atoms. The van der Waals surface area contributed by atoms with E-state index in [-0.39, 0.29) is 23.8 Å². The fourth-order valence-electron chi connectivity index (χ4n) is 4.11. The van der Waals surface area contributed by atoms with E-state index in [0.717, 1.165) is 31.6 Å². The Hall–Kier alpha value is -2.08. The number of para-hydroxylation sites is 1. The summed E-state index contributed by atoms with van der Waals surface area (Å²) in [5, 5.41) is 9.18. The molecule has 2 aliphatic rings. The van der Waals surface area contributed by atoms with E-state index in [0.29, 0.717) is 39.1 Å². The SMILES string of the molecule is O=C1CC[C@@]2(CCCN(C(=O)CCOc3ccccc3)C2)CN1CCO. The number of amides is 2. The van der Waals surface area contributed by atoms with Crippen molar-refractivity contribution in [1.82, 2.24) is 9.80 Å². The summed E-state index contributed by atoms with van der Waals surface area (Å²) in [6.45, 7) is 2.88. The highest BCUT2D eigenvalue weighted by atomic mass is 16.5. The van der Waals surface area contributed by atoms with Gasteiger partial charge in [0.25, 0.3) is 0 Å². The highest BCUT2D eigenvalue weighted by Gasteiger charge is 2.42. The molecular formula is C20H28N2O4. The van der Waals surface area contributed by atoms with Crippen LogP contribution < -0.4 is 4.74 Å². The number of likely N-dealkylation sites (tertiary alicyclic amines) is 2. The molecule has 6 heteroatoms. The Balaban J connectivity index is 1.52. The van der Waals surface area contributed by atoms with Crippen molar-refractivity contribution >= 4 is 11.8 Å². The van der Waals surface area contributed by atoms with Crippen LogP contribution in [0.4, 0.5) is 0 Å². The molecule has 1 spiro atoms. The van der Waals surface area contributed by atoms with Crippen molar-refractivity contribution in [3.05, 3.63) is 30.3 Å². The van der Waals surface area contributed by atoms with Gasteiger partial charge in [0.2, 0.25) is 11.8 Å². The lowest BCUT2D eigenvalue weighted by atomic mass is 9.73. The molecule has 0 radical (unpaired) electrons. The van der Waals surface area contributed by atoms with Gasteiger partial charge in [-0.2, -0.15) is 0 Å². The molecule has 2 amide bonds. The Morgan fingerprint density at radius 1 is 1.19 bits per heavy atom. The maximum absolute atomic E-state index is 12.6. The van der Waals surface area contributed by atoms with Gasteiger partial charge in [-0.05, 0) is 31.4 Å². The molecule has 142 valence electrons. The predicted molar refractivity (Wildman–Crippen MR) is 97.7 cm³/mol. The Labute approximate surface area is 154 Å². The van der Waals surface area contributed by atoms with Crippen LogP contribution in [0.3, 0.4) is 0 Å². The van der Waals surface area contributed by atoms with E-state index >= 15 is 0 Å². The van der Waals surface area contributed by atoms with Gasteiger partial charge in [0.05, 0.1) is 19.6 Å². The number of hydrogen-bond donors (Lipinski definition) is 1. The Morgan fingerprint density at radius 3 is 2.77 bits per heavy atom. The third-order valence-corrected chi connectivity index (χ3v) is 5.46. The number of benzene rings is 1. The molecule has 1 aromatic carbocycles. The number of aliphatic hydroxyl groups is 1. The van der Waals surface area contributed by atoms with Gasteiger partial charge in [-0.25, -0.2) is 0 Å². The topological polar surface area (TPSA) is 70.1 Å². The van der Waals surface area contributed by atoms with Gasteiger partial charge in [-0.15, -0.1) is 0 Å². The largest absolute Gasteiger partial charge is 0.493 e. The van der Waals surface area contributed by atoms with Crippen molar-refractivity contribution in [3.63, 3.8) is 0 Å². The minimum absolute atomic E-state index is 0.0126. The fourth-order valence-corrected chi connectivity index (χ4v) is 4.11. The number of carbonyl (C=O) groups is 2. The second-order valence-electron chi connectivity index (χ2n) is 7.37. The molecule has 0 bridgehead atoms. The lowest BCUT2D eigenvalue weighted by molar-refractivity contribution is -0.143. The summed E-state index contributed by atoms with van der Waals surface area (Å²) in [7, 11) is 0. The Bertz CT molecular complexity index is 621. The third-order valence-electron chi connectivity index (χ3n) is 5.46. The first-order chi connectivity index (χ1) is 12.6. The normalized spacial score (nSPS) is 23.3. The number of ether oxygens (including phenoxy) is 1. The second-order valence-corrected chi connectivity index (χ2v) is 7.37. The number of carbonyl (C=O) groups excluding carboxylic acids is 2. The maximum atomic E-state index is 12.6. The molecule has 2 heterocycles. The molecule has 0 aromatic heterocycles. The monoisotopic (exact) mass is 360 g/mol. The molecule has 1 N–H and O–H groups in total. The van der Waals surface area contributed by atoms with Crippen LogP contribution in [0, 0.1) is 5.41 Å². The number of aliphatic hydroxyl groups excluding tert-OH is 1. The van der Waals surface area contributed by atoms with Crippen molar-refractivity contribution in [2.75, 3.05) is 39.4 Å². The Kier molecular flexibility index (Phi) is 6.14. The second kappa shape index (κ2) is 8.54. The molecule has 2 aliphatic heterocycles. The van der Waals surface area contributed by atoms with E-state index in [1.54, 1.807) is 4.90 Å². The van der Waals surface area contributed by atoms with E-state index in [4.69, 9.17) is 4.74 Å². The van der Waals surface area contributed by atoms with Crippen molar-refractivity contribution in [2.45, 2.75) is 32.1 Å². The summed E-state index contributed by atoms with van der Waals surface area (Å²) in [5.41, 5.74) is -0.0166. The summed E-state index contributed by atoms with van der Waals surface area (Å²) in [5.74, 6) is 1.01. The molecule has 6 nitrogen and oxygen atoms in total. The zero-order valence-electron chi connectivity index (χ0n) is 15.2. The van der Waals surface area contributed by atoms with Crippen LogP contribution in [-0.2, 0) is 9.59 Å². The van der Waals surface area contributed by atoms with Crippen LogP contribution in [0.1, 0.15) is 32.1 Å². The average Bonchev–Trinajstić information content (AvgIpc) is 2.66. The van der Waals surface area contributed by atoms with E-state index in [1.807, 2.05) is 35.2 Å². The number of rotatable bonds is 6. The molecule has 1 atom stereocenters. The number of hydrogen-bond acceptors (Lipinski definition) is 4. The lowest BCUT2D eigenvalue weighted by Crippen LogP contribution is -2.55. The van der Waals surface area contributed by atoms with Gasteiger partial charge in [0.15, 0.2) is 0 Å². The molecule has 0 saturated carbocycles. The van der Waals surface area contributed by atoms with Crippen LogP contribution in [0.25, 0.3) is 0 Å². The number of nitrogens with zero attached hydrogens (tertiary/aromatic N) is 2. The molecule has 3 rings (SSSR count). The summed E-state index contributed by atoms with van der Waals surface area (Å²) < 4.78 is 5.64.